The number of fused-ring (bicyclic) bond motifs is 1. The zero-order valence-corrected chi connectivity index (χ0v) is 19.5. The third-order valence-corrected chi connectivity index (χ3v) is 6.93. The fourth-order valence-electron chi connectivity index (χ4n) is 4.53. The first-order chi connectivity index (χ1) is 14.1. The van der Waals surface area contributed by atoms with Crippen molar-refractivity contribution in [3.8, 4) is 5.75 Å². The molecule has 2 saturated heterocycles. The van der Waals surface area contributed by atoms with Crippen molar-refractivity contribution in [1.82, 2.24) is 20.2 Å². The molecule has 6 nitrogen and oxygen atoms in total. The van der Waals surface area contributed by atoms with Crippen LogP contribution in [-0.2, 0) is 0 Å². The third kappa shape index (κ3) is 4.49. The minimum absolute atomic E-state index is 0.387. The van der Waals surface area contributed by atoms with Gasteiger partial charge in [0.05, 0.1) is 16.0 Å². The Morgan fingerprint density at radius 2 is 2.03 bits per heavy atom. The van der Waals surface area contributed by atoms with Gasteiger partial charge >= 0.3 is 0 Å². The van der Waals surface area contributed by atoms with Gasteiger partial charge in [-0.05, 0) is 73.4 Å². The molecule has 0 spiro atoms. The molecule has 0 aromatic heterocycles. The summed E-state index contributed by atoms with van der Waals surface area (Å²) in [7, 11) is 1.69. The summed E-state index contributed by atoms with van der Waals surface area (Å²) in [5.41, 5.74) is 0. The number of rotatable bonds is 6. The maximum absolute atomic E-state index is 14.6. The van der Waals surface area contributed by atoms with Crippen molar-refractivity contribution in [2.75, 3.05) is 40.0 Å². The molecule has 4 rings (SSSR count). The predicted octanol–water partition coefficient (Wildman–Crippen LogP) is 2.03. The van der Waals surface area contributed by atoms with Crippen molar-refractivity contribution in [1.29, 1.82) is 0 Å². The van der Waals surface area contributed by atoms with Crippen LogP contribution < -0.4 is 20.6 Å². The summed E-state index contributed by atoms with van der Waals surface area (Å²) in [4.78, 5) is 7.29. The van der Waals surface area contributed by atoms with Crippen molar-refractivity contribution in [2.24, 2.45) is 4.99 Å². The van der Waals surface area contributed by atoms with E-state index in [4.69, 9.17) is 9.73 Å². The molecule has 1 atom stereocenters. The second-order valence-corrected chi connectivity index (χ2v) is 9.21. The van der Waals surface area contributed by atoms with Gasteiger partial charge in [-0.25, -0.2) is 4.39 Å². The van der Waals surface area contributed by atoms with Gasteiger partial charge in [0.15, 0.2) is 6.30 Å². The van der Waals surface area contributed by atoms with Gasteiger partial charge in [0.1, 0.15) is 18.2 Å². The Labute approximate surface area is 185 Å². The molecule has 1 aromatic rings. The number of hydrogen-bond acceptors (Lipinski definition) is 6. The van der Waals surface area contributed by atoms with Gasteiger partial charge in [-0.2, -0.15) is 5.01 Å². The summed E-state index contributed by atoms with van der Waals surface area (Å²) in [6, 6.07) is 4.50. The highest BCUT2D eigenvalue weighted by atomic mass is 127. The molecule has 1 aromatic carbocycles. The molecule has 0 bridgehead atoms. The standard InChI is InChI=1S/C21H31FIN5O/c1-3-8-26-10-6-15(7-11-26)25-21-16-12-19(29-2)17(23)13-18(16)24-14-28(21)27-9-4-5-20(27)22/h12-13,15,20,25H,3-11,14H2,1-2H3. The van der Waals surface area contributed by atoms with E-state index in [1.165, 1.54) is 13.0 Å². The molecule has 29 heavy (non-hydrogen) atoms. The number of nitrogens with zero attached hydrogens (tertiary/aromatic N) is 4. The first-order valence-electron chi connectivity index (χ1n) is 10.7. The van der Waals surface area contributed by atoms with Gasteiger partial charge in [0, 0.05) is 30.9 Å². The third-order valence-electron chi connectivity index (χ3n) is 6.09. The van der Waals surface area contributed by atoms with Gasteiger partial charge in [-0.1, -0.05) is 6.92 Å². The van der Waals surface area contributed by atoms with Crippen LogP contribution in [0.5, 0.6) is 5.75 Å². The van der Waals surface area contributed by atoms with Gasteiger partial charge in [0.25, 0.3) is 0 Å². The average Bonchev–Trinajstić information content (AvgIpc) is 3.15. The normalized spacial score (nSPS) is 23.8. The molecule has 2 fully saturated rings. The summed E-state index contributed by atoms with van der Waals surface area (Å²) in [5.74, 6) is 1.81. The number of benzene rings is 1. The van der Waals surface area contributed by atoms with E-state index in [1.807, 2.05) is 16.1 Å². The van der Waals surface area contributed by atoms with E-state index < -0.39 is 6.30 Å². The minimum atomic E-state index is -0.944. The van der Waals surface area contributed by atoms with Crippen molar-refractivity contribution >= 4 is 28.4 Å². The van der Waals surface area contributed by atoms with E-state index in [2.05, 4.69) is 45.8 Å². The molecule has 0 radical (unpaired) electrons. The average molecular weight is 515 g/mol. The Hall–Kier alpha value is -1.13. The number of alkyl halides is 1. The van der Waals surface area contributed by atoms with Crippen molar-refractivity contribution < 1.29 is 9.13 Å². The number of piperidine rings is 1. The molecule has 3 aliphatic rings. The van der Waals surface area contributed by atoms with Gasteiger partial charge < -0.3 is 15.0 Å². The van der Waals surface area contributed by atoms with Crippen LogP contribution in [-0.4, -0.2) is 67.2 Å². The lowest BCUT2D eigenvalue weighted by Crippen LogP contribution is -2.55. The minimum Gasteiger partial charge on any atom is -0.496 e. The van der Waals surface area contributed by atoms with Crippen LogP contribution in [0, 0.1) is 3.57 Å². The van der Waals surface area contributed by atoms with Crippen molar-refractivity contribution in [3.63, 3.8) is 0 Å². The number of ether oxygens (including phenoxy) is 1. The number of methoxy groups -OCH3 is 1. The first kappa shape index (κ1) is 21.1. The maximum atomic E-state index is 14.6. The van der Waals surface area contributed by atoms with E-state index >= 15 is 0 Å². The first-order valence-corrected chi connectivity index (χ1v) is 11.8. The van der Waals surface area contributed by atoms with Crippen LogP contribution in [0.15, 0.2) is 17.1 Å². The van der Waals surface area contributed by atoms with Crippen LogP contribution in [0.4, 0.5) is 4.39 Å². The van der Waals surface area contributed by atoms with E-state index in [9.17, 15) is 4.39 Å². The Morgan fingerprint density at radius 3 is 2.69 bits per heavy atom. The van der Waals surface area contributed by atoms with Crippen LogP contribution in [0.1, 0.15) is 39.0 Å². The quantitative estimate of drug-likeness (QED) is 0.464. The Balaban J connectivity index is 1.67. The largest absolute Gasteiger partial charge is 0.496 e. The molecule has 3 heterocycles. The topological polar surface area (TPSA) is 43.3 Å². The second-order valence-electron chi connectivity index (χ2n) is 8.05. The summed E-state index contributed by atoms with van der Waals surface area (Å²) >= 11 is 2.28. The molecule has 1 unspecified atom stereocenters. The van der Waals surface area contributed by atoms with Crippen molar-refractivity contribution in [2.45, 2.75) is 51.4 Å². The van der Waals surface area contributed by atoms with E-state index in [1.54, 1.807) is 7.11 Å². The molecule has 0 aliphatic carbocycles. The van der Waals surface area contributed by atoms with Gasteiger partial charge in [-0.15, -0.1) is 0 Å². The smallest absolute Gasteiger partial charge is 0.170 e. The molecule has 160 valence electrons. The van der Waals surface area contributed by atoms with Gasteiger partial charge in [0.2, 0.25) is 0 Å². The zero-order valence-electron chi connectivity index (χ0n) is 17.3. The van der Waals surface area contributed by atoms with Gasteiger partial charge in [-0.3, -0.25) is 10.0 Å². The molecule has 0 saturated carbocycles. The Kier molecular flexibility index (Phi) is 6.80. The fraction of sp³-hybridized carbons (Fsp3) is 0.667. The van der Waals surface area contributed by atoms with Crippen LogP contribution in [0.2, 0.25) is 0 Å². The van der Waals surface area contributed by atoms with Crippen molar-refractivity contribution in [3.05, 3.63) is 26.3 Å². The molecule has 1 N–H and O–H groups in total. The monoisotopic (exact) mass is 515 g/mol. The molecular formula is C21H31FIN5O. The maximum Gasteiger partial charge on any atom is 0.170 e. The van der Waals surface area contributed by atoms with E-state index in [0.717, 1.165) is 64.6 Å². The Bertz CT molecular complexity index is 842. The van der Waals surface area contributed by atoms with E-state index in [0.29, 0.717) is 19.1 Å². The molecule has 8 heteroatoms. The summed E-state index contributed by atoms with van der Waals surface area (Å²) in [6.07, 6.45) is 3.92. The lowest BCUT2D eigenvalue weighted by atomic mass is 10.0. The highest BCUT2D eigenvalue weighted by Crippen LogP contribution is 2.25. The van der Waals surface area contributed by atoms with E-state index in [-0.39, 0.29) is 0 Å². The number of halogens is 2. The molecule has 3 aliphatic heterocycles. The number of hydrazine groups is 1. The van der Waals surface area contributed by atoms with Crippen LogP contribution in [0.25, 0.3) is 5.82 Å². The lowest BCUT2D eigenvalue weighted by Gasteiger charge is -2.40. The lowest BCUT2D eigenvalue weighted by molar-refractivity contribution is -0.0407. The predicted molar refractivity (Wildman–Crippen MR) is 120 cm³/mol. The Morgan fingerprint density at radius 1 is 1.24 bits per heavy atom. The summed E-state index contributed by atoms with van der Waals surface area (Å²) < 4.78 is 21.2. The molecule has 0 amide bonds. The fourth-order valence-corrected chi connectivity index (χ4v) is 5.20. The number of nitrogens with one attached hydrogen (secondary N) is 1. The number of likely N-dealkylation sites (tertiary alicyclic amines) is 1. The zero-order chi connectivity index (χ0) is 20.4. The summed E-state index contributed by atoms with van der Waals surface area (Å²) in [5, 5.41) is 9.60. The molecular weight excluding hydrogens is 484 g/mol. The van der Waals surface area contributed by atoms with Crippen LogP contribution in [0.3, 0.4) is 0 Å². The second kappa shape index (κ2) is 9.34. The highest BCUT2D eigenvalue weighted by Gasteiger charge is 2.33. The SMILES string of the molecule is CCCN1CCC(NC2=c3cc(OC)c(I)cc3=NCN2N2CCCC2F)CC1. The summed E-state index contributed by atoms with van der Waals surface area (Å²) in [6.45, 7) is 6.81. The highest BCUT2D eigenvalue weighted by molar-refractivity contribution is 14.1. The van der Waals surface area contributed by atoms with Crippen LogP contribution >= 0.6 is 22.6 Å². The number of hydrogen-bond donors (Lipinski definition) is 1.